The second-order valence-electron chi connectivity index (χ2n) is 3.62. The molecular weight excluding hydrogens is 232 g/mol. The minimum atomic E-state index is 0.511. The van der Waals surface area contributed by atoms with Gasteiger partial charge in [-0.05, 0) is 17.7 Å². The number of thiazole rings is 1. The van der Waals surface area contributed by atoms with Crippen molar-refractivity contribution in [3.05, 3.63) is 42.4 Å². The second-order valence-corrected chi connectivity index (χ2v) is 4.65. The lowest BCUT2D eigenvalue weighted by atomic mass is 10.2. The normalized spacial score (nSPS) is 10.9. The predicted octanol–water partition coefficient (Wildman–Crippen LogP) is 2.21. The summed E-state index contributed by atoms with van der Waals surface area (Å²) < 4.78 is 1.12. The maximum Gasteiger partial charge on any atom is 0.143 e. The first-order chi connectivity index (χ1) is 8.36. The molecule has 0 bridgehead atoms. The number of pyridine rings is 2. The van der Waals surface area contributed by atoms with Crippen LogP contribution >= 0.6 is 11.3 Å². The third kappa shape index (κ3) is 1.90. The fourth-order valence-electron chi connectivity index (χ4n) is 1.56. The zero-order valence-electron chi connectivity index (χ0n) is 9.00. The van der Waals surface area contributed by atoms with E-state index in [1.165, 1.54) is 0 Å². The van der Waals surface area contributed by atoms with Crippen molar-refractivity contribution in [2.45, 2.75) is 6.54 Å². The van der Waals surface area contributed by atoms with Gasteiger partial charge in [0.2, 0.25) is 0 Å². The molecule has 0 saturated heterocycles. The van der Waals surface area contributed by atoms with Crippen molar-refractivity contribution in [3.8, 4) is 10.7 Å². The summed E-state index contributed by atoms with van der Waals surface area (Å²) in [7, 11) is 0. The molecule has 0 saturated carbocycles. The fraction of sp³-hybridized carbons (Fsp3) is 0.0833. The van der Waals surface area contributed by atoms with Gasteiger partial charge >= 0.3 is 0 Å². The molecule has 0 fully saturated rings. The maximum absolute atomic E-state index is 5.54. The van der Waals surface area contributed by atoms with Crippen molar-refractivity contribution < 1.29 is 0 Å². The van der Waals surface area contributed by atoms with Crippen LogP contribution in [-0.4, -0.2) is 15.0 Å². The molecule has 84 valence electrons. The standard InChI is InChI=1S/C12H10N4S/c13-5-8-1-2-9(15-6-8)12-16-10-7-14-4-3-11(10)17-12/h1-4,6-7H,5,13H2. The van der Waals surface area contributed by atoms with E-state index in [0.29, 0.717) is 6.54 Å². The highest BCUT2D eigenvalue weighted by Gasteiger charge is 2.06. The van der Waals surface area contributed by atoms with Crippen LogP contribution in [0.5, 0.6) is 0 Å². The Morgan fingerprint density at radius 3 is 2.82 bits per heavy atom. The Bertz CT molecular complexity index is 612. The molecule has 0 atom stereocenters. The van der Waals surface area contributed by atoms with E-state index >= 15 is 0 Å². The summed E-state index contributed by atoms with van der Waals surface area (Å²) >= 11 is 1.62. The summed E-state index contributed by atoms with van der Waals surface area (Å²) in [5.41, 5.74) is 8.36. The Balaban J connectivity index is 2.07. The first-order valence-electron chi connectivity index (χ1n) is 5.23. The summed E-state index contributed by atoms with van der Waals surface area (Å²) in [6, 6.07) is 5.89. The Hall–Kier alpha value is -1.85. The van der Waals surface area contributed by atoms with E-state index < -0.39 is 0 Å². The number of hydrogen-bond donors (Lipinski definition) is 1. The van der Waals surface area contributed by atoms with E-state index in [4.69, 9.17) is 5.73 Å². The van der Waals surface area contributed by atoms with E-state index in [0.717, 1.165) is 26.5 Å². The van der Waals surface area contributed by atoms with Gasteiger partial charge in [0.1, 0.15) is 10.5 Å². The van der Waals surface area contributed by atoms with Crippen molar-refractivity contribution in [3.63, 3.8) is 0 Å². The van der Waals surface area contributed by atoms with E-state index in [2.05, 4.69) is 15.0 Å². The molecule has 0 aliphatic rings. The molecule has 2 N–H and O–H groups in total. The molecule has 0 unspecified atom stereocenters. The van der Waals surface area contributed by atoms with Gasteiger partial charge in [-0.15, -0.1) is 11.3 Å². The molecule has 0 aliphatic heterocycles. The molecule has 3 aromatic rings. The van der Waals surface area contributed by atoms with Crippen LogP contribution in [0.25, 0.3) is 20.9 Å². The first kappa shape index (κ1) is 10.3. The molecule has 17 heavy (non-hydrogen) atoms. The molecule has 0 spiro atoms. The number of fused-ring (bicyclic) bond motifs is 1. The number of nitrogens with zero attached hydrogens (tertiary/aromatic N) is 3. The van der Waals surface area contributed by atoms with Gasteiger partial charge in [0.15, 0.2) is 0 Å². The number of nitrogens with two attached hydrogens (primary N) is 1. The zero-order valence-corrected chi connectivity index (χ0v) is 9.81. The van der Waals surface area contributed by atoms with E-state index in [9.17, 15) is 0 Å². The van der Waals surface area contributed by atoms with Gasteiger partial charge in [-0.3, -0.25) is 9.97 Å². The quantitative estimate of drug-likeness (QED) is 0.748. The van der Waals surface area contributed by atoms with E-state index in [1.807, 2.05) is 18.2 Å². The first-order valence-corrected chi connectivity index (χ1v) is 6.04. The molecular formula is C12H10N4S. The highest BCUT2D eigenvalue weighted by Crippen LogP contribution is 2.28. The molecule has 4 nitrogen and oxygen atoms in total. The van der Waals surface area contributed by atoms with Gasteiger partial charge in [-0.2, -0.15) is 0 Å². The van der Waals surface area contributed by atoms with Crippen molar-refractivity contribution in [2.75, 3.05) is 0 Å². The fourth-order valence-corrected chi connectivity index (χ4v) is 2.47. The van der Waals surface area contributed by atoms with E-state index in [-0.39, 0.29) is 0 Å². The Kier molecular flexibility index (Phi) is 2.55. The molecule has 3 heterocycles. The summed E-state index contributed by atoms with van der Waals surface area (Å²) in [4.78, 5) is 12.9. The number of aromatic nitrogens is 3. The summed E-state index contributed by atoms with van der Waals surface area (Å²) in [6.07, 6.45) is 5.33. The largest absolute Gasteiger partial charge is 0.326 e. The van der Waals surface area contributed by atoms with Crippen LogP contribution in [0.2, 0.25) is 0 Å². The molecule has 0 radical (unpaired) electrons. The number of hydrogen-bond acceptors (Lipinski definition) is 5. The van der Waals surface area contributed by atoms with Gasteiger partial charge in [-0.1, -0.05) is 6.07 Å². The Labute approximate surface area is 102 Å². The van der Waals surface area contributed by atoms with Crippen molar-refractivity contribution in [2.24, 2.45) is 5.73 Å². The van der Waals surface area contributed by atoms with Gasteiger partial charge in [-0.25, -0.2) is 4.98 Å². The molecule has 0 aromatic carbocycles. The average molecular weight is 242 g/mol. The summed E-state index contributed by atoms with van der Waals surface area (Å²) in [6.45, 7) is 0.511. The molecule has 0 amide bonds. The summed E-state index contributed by atoms with van der Waals surface area (Å²) in [5.74, 6) is 0. The molecule has 5 heteroatoms. The van der Waals surface area contributed by atoms with Crippen LogP contribution in [0.3, 0.4) is 0 Å². The van der Waals surface area contributed by atoms with Crippen LogP contribution in [0.15, 0.2) is 36.8 Å². The van der Waals surface area contributed by atoms with Crippen molar-refractivity contribution in [1.82, 2.24) is 15.0 Å². The molecule has 3 rings (SSSR count). The van der Waals surface area contributed by atoms with E-state index in [1.54, 1.807) is 29.9 Å². The SMILES string of the molecule is NCc1ccc(-c2nc3cnccc3s2)nc1. The lowest BCUT2D eigenvalue weighted by molar-refractivity contribution is 1.05. The smallest absolute Gasteiger partial charge is 0.143 e. The lowest BCUT2D eigenvalue weighted by Gasteiger charge is -1.97. The minimum Gasteiger partial charge on any atom is -0.326 e. The van der Waals surface area contributed by atoms with Gasteiger partial charge in [0.25, 0.3) is 0 Å². The predicted molar refractivity (Wildman–Crippen MR) is 68.5 cm³/mol. The van der Waals surface area contributed by atoms with Crippen LogP contribution in [0.4, 0.5) is 0 Å². The van der Waals surface area contributed by atoms with Crippen molar-refractivity contribution in [1.29, 1.82) is 0 Å². The average Bonchev–Trinajstić information content (AvgIpc) is 2.82. The van der Waals surface area contributed by atoms with Crippen LogP contribution in [0.1, 0.15) is 5.56 Å². The third-order valence-electron chi connectivity index (χ3n) is 2.47. The monoisotopic (exact) mass is 242 g/mol. The third-order valence-corrected chi connectivity index (χ3v) is 3.53. The van der Waals surface area contributed by atoms with Crippen LogP contribution in [-0.2, 0) is 6.54 Å². The topological polar surface area (TPSA) is 64.7 Å². The highest BCUT2D eigenvalue weighted by molar-refractivity contribution is 7.21. The minimum absolute atomic E-state index is 0.511. The Morgan fingerprint density at radius 2 is 2.12 bits per heavy atom. The van der Waals surface area contributed by atoms with Crippen LogP contribution < -0.4 is 5.73 Å². The summed E-state index contributed by atoms with van der Waals surface area (Å²) in [5, 5.41) is 0.913. The van der Waals surface area contributed by atoms with Gasteiger partial charge < -0.3 is 5.73 Å². The van der Waals surface area contributed by atoms with Crippen LogP contribution in [0, 0.1) is 0 Å². The Morgan fingerprint density at radius 1 is 1.18 bits per heavy atom. The second kappa shape index (κ2) is 4.20. The highest BCUT2D eigenvalue weighted by atomic mass is 32.1. The zero-order chi connectivity index (χ0) is 11.7. The van der Waals surface area contributed by atoms with Crippen molar-refractivity contribution >= 4 is 21.6 Å². The van der Waals surface area contributed by atoms with Gasteiger partial charge in [0, 0.05) is 18.9 Å². The number of rotatable bonds is 2. The molecule has 3 aromatic heterocycles. The van der Waals surface area contributed by atoms with Gasteiger partial charge in [0.05, 0.1) is 16.6 Å². The maximum atomic E-state index is 5.54. The lowest BCUT2D eigenvalue weighted by Crippen LogP contribution is -1.96. The molecule has 0 aliphatic carbocycles.